The van der Waals surface area contributed by atoms with Crippen molar-refractivity contribution in [2.24, 2.45) is 10.4 Å². The summed E-state index contributed by atoms with van der Waals surface area (Å²) in [5.74, 6) is 1.11. The number of likely N-dealkylation sites (tertiary alicyclic amines) is 1. The smallest absolute Gasteiger partial charge is 0.193 e. The minimum Gasteiger partial charge on any atom is -0.373 e. The highest BCUT2D eigenvalue weighted by molar-refractivity contribution is 14.0. The van der Waals surface area contributed by atoms with Crippen molar-refractivity contribution in [3.8, 4) is 0 Å². The zero-order chi connectivity index (χ0) is 17.0. The van der Waals surface area contributed by atoms with Crippen LogP contribution < -0.4 is 5.32 Å². The SMILES string of the molecule is CN=C(NCCCN1CC(C)OC(C)C1)N1CCC2(CCCC2)C1.I. The van der Waals surface area contributed by atoms with Crippen LogP contribution in [0.2, 0.25) is 0 Å². The molecule has 0 aromatic rings. The van der Waals surface area contributed by atoms with Crippen molar-refractivity contribution in [1.29, 1.82) is 0 Å². The van der Waals surface area contributed by atoms with E-state index in [0.29, 0.717) is 17.6 Å². The average molecular weight is 464 g/mol. The monoisotopic (exact) mass is 464 g/mol. The Labute approximate surface area is 171 Å². The molecule has 5 nitrogen and oxygen atoms in total. The Bertz CT molecular complexity index is 429. The number of rotatable bonds is 4. The van der Waals surface area contributed by atoms with Crippen LogP contribution in [0.4, 0.5) is 0 Å². The van der Waals surface area contributed by atoms with E-state index >= 15 is 0 Å². The highest BCUT2D eigenvalue weighted by Crippen LogP contribution is 2.45. The Morgan fingerprint density at radius 3 is 2.48 bits per heavy atom. The van der Waals surface area contributed by atoms with Gasteiger partial charge >= 0.3 is 0 Å². The number of ether oxygens (including phenoxy) is 1. The first-order valence-corrected chi connectivity index (χ1v) is 9.94. The van der Waals surface area contributed by atoms with E-state index in [0.717, 1.165) is 38.6 Å². The predicted octanol–water partition coefficient (Wildman–Crippen LogP) is 2.95. The minimum atomic E-state index is 0. The van der Waals surface area contributed by atoms with Crippen LogP contribution in [0.15, 0.2) is 4.99 Å². The van der Waals surface area contributed by atoms with E-state index in [9.17, 15) is 0 Å². The largest absolute Gasteiger partial charge is 0.373 e. The van der Waals surface area contributed by atoms with Crippen LogP contribution in [0.5, 0.6) is 0 Å². The third-order valence-corrected chi connectivity index (χ3v) is 6.04. The molecule has 3 fully saturated rings. The minimum absolute atomic E-state index is 0. The molecule has 2 unspecified atom stereocenters. The molecule has 3 aliphatic rings. The van der Waals surface area contributed by atoms with Crippen LogP contribution in [-0.4, -0.2) is 74.3 Å². The average Bonchev–Trinajstić information content (AvgIpc) is 3.17. The van der Waals surface area contributed by atoms with Crippen molar-refractivity contribution < 1.29 is 4.74 Å². The Morgan fingerprint density at radius 2 is 1.84 bits per heavy atom. The van der Waals surface area contributed by atoms with Gasteiger partial charge in [-0.1, -0.05) is 12.8 Å². The number of hydrogen-bond donors (Lipinski definition) is 1. The first-order chi connectivity index (χ1) is 11.6. The van der Waals surface area contributed by atoms with Gasteiger partial charge in [0.1, 0.15) is 0 Å². The fourth-order valence-electron chi connectivity index (χ4n) is 4.95. The summed E-state index contributed by atoms with van der Waals surface area (Å²) in [5, 5.41) is 3.60. The van der Waals surface area contributed by atoms with Gasteiger partial charge in [-0.2, -0.15) is 0 Å². The van der Waals surface area contributed by atoms with Crippen LogP contribution in [0.3, 0.4) is 0 Å². The van der Waals surface area contributed by atoms with Crippen LogP contribution in [-0.2, 0) is 4.74 Å². The summed E-state index contributed by atoms with van der Waals surface area (Å²) >= 11 is 0. The molecule has 0 bridgehead atoms. The molecule has 2 aliphatic heterocycles. The van der Waals surface area contributed by atoms with E-state index in [1.54, 1.807) is 0 Å². The number of guanidine groups is 1. The number of hydrogen-bond acceptors (Lipinski definition) is 3. The van der Waals surface area contributed by atoms with Crippen molar-refractivity contribution >= 4 is 29.9 Å². The van der Waals surface area contributed by atoms with Crippen molar-refractivity contribution in [3.05, 3.63) is 0 Å². The highest BCUT2D eigenvalue weighted by atomic mass is 127. The molecule has 1 aliphatic carbocycles. The van der Waals surface area contributed by atoms with E-state index in [1.807, 2.05) is 7.05 Å². The van der Waals surface area contributed by atoms with Crippen molar-refractivity contribution in [1.82, 2.24) is 15.1 Å². The lowest BCUT2D eigenvalue weighted by Gasteiger charge is -2.35. The van der Waals surface area contributed by atoms with E-state index in [2.05, 4.69) is 34.0 Å². The summed E-state index contributed by atoms with van der Waals surface area (Å²) < 4.78 is 5.81. The highest BCUT2D eigenvalue weighted by Gasteiger charge is 2.41. The first kappa shape index (κ1) is 21.2. The van der Waals surface area contributed by atoms with Gasteiger partial charge in [-0.05, 0) is 44.9 Å². The summed E-state index contributed by atoms with van der Waals surface area (Å²) in [4.78, 5) is 9.56. The third kappa shape index (κ3) is 5.70. The molecule has 2 saturated heterocycles. The quantitative estimate of drug-likeness (QED) is 0.301. The summed E-state index contributed by atoms with van der Waals surface area (Å²) in [6.45, 7) is 11.0. The molecular weight excluding hydrogens is 427 g/mol. The molecule has 3 rings (SSSR count). The van der Waals surface area contributed by atoms with Crippen LogP contribution in [0, 0.1) is 5.41 Å². The van der Waals surface area contributed by atoms with Gasteiger partial charge in [-0.3, -0.25) is 9.89 Å². The topological polar surface area (TPSA) is 40.1 Å². The van der Waals surface area contributed by atoms with Gasteiger partial charge in [0, 0.05) is 46.3 Å². The maximum atomic E-state index is 5.81. The lowest BCUT2D eigenvalue weighted by Crippen LogP contribution is -2.46. The molecule has 0 aromatic heterocycles. The zero-order valence-electron chi connectivity index (χ0n) is 16.3. The standard InChI is InChI=1S/C19H36N4O.HI/c1-16-13-22(14-17(2)24-16)11-6-10-21-18(20-3)23-12-9-19(15-23)7-4-5-8-19;/h16-17H,4-15H2,1-3H3,(H,20,21);1H. The van der Waals surface area contributed by atoms with Gasteiger partial charge in [0.25, 0.3) is 0 Å². The lowest BCUT2D eigenvalue weighted by atomic mass is 9.86. The maximum absolute atomic E-state index is 5.81. The number of nitrogens with one attached hydrogen (secondary N) is 1. The fraction of sp³-hybridized carbons (Fsp3) is 0.947. The van der Waals surface area contributed by atoms with Crippen molar-refractivity contribution in [3.63, 3.8) is 0 Å². The van der Waals surface area contributed by atoms with Gasteiger partial charge in [-0.25, -0.2) is 0 Å². The van der Waals surface area contributed by atoms with Gasteiger partial charge in [0.2, 0.25) is 0 Å². The Kier molecular flexibility index (Phi) is 8.27. The zero-order valence-corrected chi connectivity index (χ0v) is 18.6. The van der Waals surface area contributed by atoms with Crippen molar-refractivity contribution in [2.45, 2.75) is 64.6 Å². The number of halogens is 1. The molecule has 0 amide bonds. The Balaban J connectivity index is 0.00000225. The second-order valence-corrected chi connectivity index (χ2v) is 8.22. The molecule has 2 heterocycles. The molecule has 6 heteroatoms. The fourth-order valence-corrected chi connectivity index (χ4v) is 4.95. The summed E-state index contributed by atoms with van der Waals surface area (Å²) in [7, 11) is 1.92. The first-order valence-electron chi connectivity index (χ1n) is 9.94. The molecule has 1 saturated carbocycles. The van der Waals surface area contributed by atoms with E-state index < -0.39 is 0 Å². The molecule has 1 spiro atoms. The Morgan fingerprint density at radius 1 is 1.16 bits per heavy atom. The summed E-state index contributed by atoms with van der Waals surface area (Å²) in [5.41, 5.74) is 0.609. The van der Waals surface area contributed by atoms with Crippen LogP contribution >= 0.6 is 24.0 Å². The van der Waals surface area contributed by atoms with Gasteiger partial charge in [-0.15, -0.1) is 24.0 Å². The van der Waals surface area contributed by atoms with Crippen molar-refractivity contribution in [2.75, 3.05) is 46.3 Å². The summed E-state index contributed by atoms with van der Waals surface area (Å²) in [6, 6.07) is 0. The van der Waals surface area contributed by atoms with E-state index in [4.69, 9.17) is 4.74 Å². The molecular formula is C19H37IN4O. The predicted molar refractivity (Wildman–Crippen MR) is 115 cm³/mol. The third-order valence-electron chi connectivity index (χ3n) is 6.04. The summed E-state index contributed by atoms with van der Waals surface area (Å²) in [6.07, 6.45) is 8.95. The molecule has 2 atom stereocenters. The molecule has 0 radical (unpaired) electrons. The molecule has 0 aromatic carbocycles. The number of aliphatic imine (C=N–C) groups is 1. The second-order valence-electron chi connectivity index (χ2n) is 8.22. The lowest BCUT2D eigenvalue weighted by molar-refractivity contribution is -0.0679. The van der Waals surface area contributed by atoms with Crippen LogP contribution in [0.1, 0.15) is 52.4 Å². The van der Waals surface area contributed by atoms with Gasteiger partial charge < -0.3 is 15.0 Å². The number of nitrogens with zero attached hydrogens (tertiary/aromatic N) is 3. The Hall–Kier alpha value is -0.0800. The van der Waals surface area contributed by atoms with E-state index in [-0.39, 0.29) is 24.0 Å². The molecule has 1 N–H and O–H groups in total. The molecule has 146 valence electrons. The molecule has 25 heavy (non-hydrogen) atoms. The normalized spacial score (nSPS) is 29.9. The van der Waals surface area contributed by atoms with Crippen LogP contribution in [0.25, 0.3) is 0 Å². The number of morpholine rings is 1. The van der Waals surface area contributed by atoms with E-state index in [1.165, 1.54) is 45.2 Å². The van der Waals surface area contributed by atoms with Gasteiger partial charge in [0.05, 0.1) is 12.2 Å². The second kappa shape index (κ2) is 9.74. The van der Waals surface area contributed by atoms with Gasteiger partial charge in [0.15, 0.2) is 5.96 Å². The maximum Gasteiger partial charge on any atom is 0.193 e.